The third-order valence-corrected chi connectivity index (χ3v) is 1.94. The van der Waals surface area contributed by atoms with E-state index in [4.69, 9.17) is 0 Å². The molecule has 14 heavy (non-hydrogen) atoms. The van der Waals surface area contributed by atoms with Crippen molar-refractivity contribution in [2.24, 2.45) is 0 Å². The summed E-state index contributed by atoms with van der Waals surface area (Å²) < 4.78 is 26.2. The summed E-state index contributed by atoms with van der Waals surface area (Å²) in [6.07, 6.45) is 0.948. The summed E-state index contributed by atoms with van der Waals surface area (Å²) in [6, 6.07) is 6.90. The van der Waals surface area contributed by atoms with Crippen molar-refractivity contribution in [1.29, 1.82) is 0 Å². The van der Waals surface area contributed by atoms with Crippen LogP contribution in [0, 0.1) is 0 Å². The van der Waals surface area contributed by atoms with Crippen LogP contribution in [0.1, 0.15) is 0 Å². The van der Waals surface area contributed by atoms with Crippen molar-refractivity contribution in [2.75, 3.05) is 6.26 Å². The van der Waals surface area contributed by atoms with Crippen LogP contribution in [0.2, 0.25) is 0 Å². The Morgan fingerprint density at radius 2 is 2.07 bits per heavy atom. The van der Waals surface area contributed by atoms with Gasteiger partial charge >= 0.3 is 10.1 Å². The molecule has 0 saturated carbocycles. The summed E-state index contributed by atoms with van der Waals surface area (Å²) in [4.78, 5) is 0.880. The van der Waals surface area contributed by atoms with Crippen LogP contribution >= 0.6 is 0 Å². The van der Waals surface area contributed by atoms with Gasteiger partial charge in [-0.2, -0.15) is 8.42 Å². The van der Waals surface area contributed by atoms with E-state index in [-0.39, 0.29) is 0 Å². The minimum absolute atomic E-state index is 0.512. The first-order valence-electron chi connectivity index (χ1n) is 3.77. The van der Waals surface area contributed by atoms with E-state index < -0.39 is 10.1 Å². The highest BCUT2D eigenvalue weighted by atomic mass is 32.2. The Bertz CT molecular complexity index is 560. The van der Waals surface area contributed by atoms with Crippen LogP contribution in [0.3, 0.4) is 0 Å². The highest BCUT2D eigenvalue weighted by molar-refractivity contribution is 7.86. The normalized spacial score (nSPS) is 11.8. The molecule has 0 N–H and O–H groups in total. The molecule has 0 amide bonds. The average Bonchev–Trinajstić information content (AvgIpc) is 2.47. The zero-order valence-electron chi connectivity index (χ0n) is 7.28. The zero-order chi connectivity index (χ0) is 10.2. The first kappa shape index (κ1) is 8.95. The molecule has 6 nitrogen and oxygen atoms in total. The molecule has 74 valence electrons. The Kier molecular flexibility index (Phi) is 1.88. The lowest BCUT2D eigenvalue weighted by molar-refractivity contribution is 0.247. The minimum atomic E-state index is -3.58. The SMILES string of the molecule is CS(=O)(=O)On1nnc2ccccc21. The average molecular weight is 213 g/mol. The molecule has 0 bridgehead atoms. The van der Waals surface area contributed by atoms with E-state index >= 15 is 0 Å². The smallest absolute Gasteiger partial charge is 0.268 e. The Hall–Kier alpha value is -1.63. The van der Waals surface area contributed by atoms with Gasteiger partial charge in [0, 0.05) is 0 Å². The maximum absolute atomic E-state index is 10.8. The molecule has 0 unspecified atom stereocenters. The van der Waals surface area contributed by atoms with E-state index in [9.17, 15) is 8.42 Å². The molecule has 7 heteroatoms. The largest absolute Gasteiger partial charge is 0.325 e. The molecular weight excluding hydrogens is 206 g/mol. The van der Waals surface area contributed by atoms with Crippen LogP contribution in [-0.4, -0.2) is 29.8 Å². The zero-order valence-corrected chi connectivity index (χ0v) is 8.10. The fourth-order valence-corrected chi connectivity index (χ4v) is 1.40. The molecule has 0 fully saturated rings. The molecule has 0 aliphatic heterocycles. The summed E-state index contributed by atoms with van der Waals surface area (Å²) in [5, 5.41) is 7.27. The standard InChI is InChI=1S/C7H7N3O3S/c1-14(11,12)13-10-7-5-3-2-4-6(7)8-9-10/h2-5H,1H3. The second-order valence-electron chi connectivity index (χ2n) is 2.73. The highest BCUT2D eigenvalue weighted by Gasteiger charge is 2.09. The molecule has 0 aliphatic rings. The van der Waals surface area contributed by atoms with E-state index in [2.05, 4.69) is 14.6 Å². The first-order chi connectivity index (χ1) is 6.56. The van der Waals surface area contributed by atoms with Crippen molar-refractivity contribution < 1.29 is 12.7 Å². The molecular formula is C7H7N3O3S. The molecule has 1 aromatic heterocycles. The maximum Gasteiger partial charge on any atom is 0.325 e. The number of hydrogen-bond acceptors (Lipinski definition) is 5. The highest BCUT2D eigenvalue weighted by Crippen LogP contribution is 2.08. The monoisotopic (exact) mass is 213 g/mol. The third kappa shape index (κ3) is 1.67. The van der Waals surface area contributed by atoms with Crippen LogP contribution in [0.4, 0.5) is 0 Å². The molecule has 0 aliphatic carbocycles. The van der Waals surface area contributed by atoms with Gasteiger partial charge in [0.1, 0.15) is 11.0 Å². The molecule has 0 radical (unpaired) electrons. The van der Waals surface area contributed by atoms with E-state index in [1.165, 1.54) is 0 Å². The Morgan fingerprint density at radius 3 is 2.79 bits per heavy atom. The number of para-hydroxylation sites is 1. The fourth-order valence-electron chi connectivity index (χ4n) is 1.03. The second kappa shape index (κ2) is 2.95. The Morgan fingerprint density at radius 1 is 1.36 bits per heavy atom. The summed E-state index contributed by atoms with van der Waals surface area (Å²) in [5.41, 5.74) is 1.09. The van der Waals surface area contributed by atoms with E-state index in [0.717, 1.165) is 11.1 Å². The van der Waals surface area contributed by atoms with Crippen molar-refractivity contribution in [2.45, 2.75) is 0 Å². The predicted octanol–water partition coefficient (Wildman–Crippen LogP) is -0.181. The fraction of sp³-hybridized carbons (Fsp3) is 0.143. The molecule has 1 aromatic carbocycles. The van der Waals surface area contributed by atoms with Crippen molar-refractivity contribution in [3.05, 3.63) is 24.3 Å². The van der Waals surface area contributed by atoms with Crippen LogP contribution in [0.25, 0.3) is 11.0 Å². The van der Waals surface area contributed by atoms with Crippen molar-refractivity contribution in [3.63, 3.8) is 0 Å². The Labute approximate surface area is 80.2 Å². The molecule has 0 spiro atoms. The quantitative estimate of drug-likeness (QED) is 0.691. The summed E-state index contributed by atoms with van der Waals surface area (Å²) in [6.45, 7) is 0. The van der Waals surface area contributed by atoms with Gasteiger partial charge in [0.05, 0.1) is 6.26 Å². The summed E-state index contributed by atoms with van der Waals surface area (Å²) in [5.74, 6) is 0. The number of nitrogens with zero attached hydrogens (tertiary/aromatic N) is 3. The molecule has 0 atom stereocenters. The van der Waals surface area contributed by atoms with E-state index in [0.29, 0.717) is 11.0 Å². The number of aromatic nitrogens is 3. The van der Waals surface area contributed by atoms with Gasteiger partial charge in [-0.3, -0.25) is 4.28 Å². The van der Waals surface area contributed by atoms with Gasteiger partial charge in [0.25, 0.3) is 0 Å². The van der Waals surface area contributed by atoms with Crippen molar-refractivity contribution in [1.82, 2.24) is 15.2 Å². The number of rotatable bonds is 2. The topological polar surface area (TPSA) is 74.1 Å². The lowest BCUT2D eigenvalue weighted by Crippen LogP contribution is -2.19. The van der Waals surface area contributed by atoms with Gasteiger partial charge in [0.15, 0.2) is 0 Å². The number of hydrogen-bond donors (Lipinski definition) is 0. The second-order valence-corrected chi connectivity index (χ2v) is 4.29. The Balaban J connectivity index is 2.54. The van der Waals surface area contributed by atoms with Gasteiger partial charge in [-0.1, -0.05) is 17.0 Å². The van der Waals surface area contributed by atoms with Crippen molar-refractivity contribution >= 4 is 21.2 Å². The maximum atomic E-state index is 10.8. The lowest BCUT2D eigenvalue weighted by Gasteiger charge is -1.99. The predicted molar refractivity (Wildman–Crippen MR) is 49.0 cm³/mol. The van der Waals surface area contributed by atoms with Crippen LogP contribution in [0.15, 0.2) is 24.3 Å². The van der Waals surface area contributed by atoms with E-state index in [1.807, 2.05) is 0 Å². The summed E-state index contributed by atoms with van der Waals surface area (Å²) >= 11 is 0. The van der Waals surface area contributed by atoms with Crippen molar-refractivity contribution in [3.8, 4) is 0 Å². The molecule has 1 heterocycles. The van der Waals surface area contributed by atoms with Gasteiger partial charge < -0.3 is 0 Å². The van der Waals surface area contributed by atoms with Gasteiger partial charge in [-0.15, -0.1) is 5.10 Å². The molecule has 2 aromatic rings. The third-order valence-electron chi connectivity index (χ3n) is 1.53. The minimum Gasteiger partial charge on any atom is -0.268 e. The molecule has 0 saturated heterocycles. The van der Waals surface area contributed by atoms with Gasteiger partial charge in [0.2, 0.25) is 0 Å². The van der Waals surface area contributed by atoms with E-state index in [1.54, 1.807) is 24.3 Å². The molecule has 2 rings (SSSR count). The van der Waals surface area contributed by atoms with Crippen LogP contribution in [-0.2, 0) is 10.1 Å². The van der Waals surface area contributed by atoms with Gasteiger partial charge in [-0.25, -0.2) is 0 Å². The van der Waals surface area contributed by atoms with Gasteiger partial charge in [-0.05, 0) is 17.3 Å². The number of fused-ring (bicyclic) bond motifs is 1. The summed E-state index contributed by atoms with van der Waals surface area (Å²) in [7, 11) is -3.58. The van der Waals surface area contributed by atoms with Crippen LogP contribution < -0.4 is 4.28 Å². The number of benzene rings is 1. The van der Waals surface area contributed by atoms with Crippen LogP contribution in [0.5, 0.6) is 0 Å². The lowest BCUT2D eigenvalue weighted by atomic mass is 10.3. The first-order valence-corrected chi connectivity index (χ1v) is 5.58.